The molecule has 1 aliphatic rings. The number of hydrogen-bond donors (Lipinski definition) is 0. The summed E-state index contributed by atoms with van der Waals surface area (Å²) in [5, 5.41) is 0.502. The highest BCUT2D eigenvalue weighted by atomic mass is 79.9. The second kappa shape index (κ2) is 6.42. The highest BCUT2D eigenvalue weighted by Gasteiger charge is 2.40. The number of fused-ring (bicyclic) bond motifs is 2. The van der Waals surface area contributed by atoms with E-state index in [0.29, 0.717) is 37.9 Å². The molecule has 1 aromatic heterocycles. The van der Waals surface area contributed by atoms with Crippen LogP contribution >= 0.6 is 15.9 Å². The molecular formula is C20H14BrFN2O3. The molecule has 7 heteroatoms. The third kappa shape index (κ3) is 2.61. The maximum Gasteiger partial charge on any atom is 0.262 e. The number of rotatable bonds is 3. The van der Waals surface area contributed by atoms with Gasteiger partial charge in [0.05, 0.1) is 40.0 Å². The molecule has 5 nitrogen and oxygen atoms in total. The Morgan fingerprint density at radius 2 is 1.74 bits per heavy atom. The van der Waals surface area contributed by atoms with Gasteiger partial charge in [-0.2, -0.15) is 0 Å². The fraction of sp³-hybridized carbons (Fsp3) is 0.150. The van der Waals surface area contributed by atoms with E-state index in [-0.39, 0.29) is 11.8 Å². The van der Waals surface area contributed by atoms with Crippen LogP contribution in [-0.2, 0) is 0 Å². The molecule has 136 valence electrons. The number of nitrogens with zero attached hydrogens (tertiary/aromatic N) is 2. The lowest BCUT2D eigenvalue weighted by Crippen LogP contribution is -2.33. The van der Waals surface area contributed by atoms with Crippen LogP contribution in [0.15, 0.2) is 46.9 Å². The molecule has 0 saturated heterocycles. The second-order valence-electron chi connectivity index (χ2n) is 6.21. The van der Waals surface area contributed by atoms with Gasteiger partial charge in [-0.05, 0) is 53.2 Å². The van der Waals surface area contributed by atoms with E-state index in [1.54, 1.807) is 31.2 Å². The average Bonchev–Trinajstić information content (AvgIpc) is 2.92. The minimum atomic E-state index is -0.643. The van der Waals surface area contributed by atoms with Gasteiger partial charge < -0.3 is 4.74 Å². The van der Waals surface area contributed by atoms with Crippen molar-refractivity contribution in [2.24, 2.45) is 0 Å². The maximum atomic E-state index is 13.6. The predicted octanol–water partition coefficient (Wildman–Crippen LogP) is 4.50. The van der Waals surface area contributed by atoms with Crippen molar-refractivity contribution in [2.45, 2.75) is 13.0 Å². The van der Waals surface area contributed by atoms with E-state index < -0.39 is 11.9 Å². The zero-order valence-electron chi connectivity index (χ0n) is 14.5. The quantitative estimate of drug-likeness (QED) is 0.576. The molecule has 0 spiro atoms. The van der Waals surface area contributed by atoms with Gasteiger partial charge in [-0.25, -0.2) is 9.37 Å². The van der Waals surface area contributed by atoms with Crippen LogP contribution in [0.4, 0.5) is 4.39 Å². The third-order valence-corrected chi connectivity index (χ3v) is 5.45. The van der Waals surface area contributed by atoms with Gasteiger partial charge in [0.15, 0.2) is 0 Å². The van der Waals surface area contributed by atoms with Crippen LogP contribution in [-0.4, -0.2) is 28.8 Å². The van der Waals surface area contributed by atoms with E-state index in [4.69, 9.17) is 4.74 Å². The van der Waals surface area contributed by atoms with Gasteiger partial charge in [-0.1, -0.05) is 12.1 Å². The number of ether oxygens (including phenoxy) is 1. The Morgan fingerprint density at radius 3 is 2.33 bits per heavy atom. The normalized spacial score (nSPS) is 14.6. The smallest absolute Gasteiger partial charge is 0.262 e. The van der Waals surface area contributed by atoms with E-state index in [1.165, 1.54) is 30.2 Å². The van der Waals surface area contributed by atoms with E-state index in [9.17, 15) is 14.0 Å². The van der Waals surface area contributed by atoms with Crippen LogP contribution in [0.5, 0.6) is 5.75 Å². The monoisotopic (exact) mass is 428 g/mol. The van der Waals surface area contributed by atoms with Crippen LogP contribution < -0.4 is 4.74 Å². The van der Waals surface area contributed by atoms with Gasteiger partial charge in [0.25, 0.3) is 11.8 Å². The van der Waals surface area contributed by atoms with Crippen molar-refractivity contribution >= 4 is 38.6 Å². The molecular weight excluding hydrogens is 415 g/mol. The predicted molar refractivity (Wildman–Crippen MR) is 101 cm³/mol. The highest BCUT2D eigenvalue weighted by Crippen LogP contribution is 2.40. The third-order valence-electron chi connectivity index (χ3n) is 4.68. The molecule has 1 atom stereocenters. The van der Waals surface area contributed by atoms with Crippen molar-refractivity contribution < 1.29 is 18.7 Å². The molecule has 2 amide bonds. The lowest BCUT2D eigenvalue weighted by molar-refractivity contribution is 0.0591. The largest absolute Gasteiger partial charge is 0.495 e. The molecule has 1 unspecified atom stereocenters. The summed E-state index contributed by atoms with van der Waals surface area (Å²) in [4.78, 5) is 31.3. The Hall–Kier alpha value is -2.80. The van der Waals surface area contributed by atoms with Crippen molar-refractivity contribution in [1.82, 2.24) is 9.88 Å². The summed E-state index contributed by atoms with van der Waals surface area (Å²) in [7, 11) is 1.47. The first-order chi connectivity index (χ1) is 12.9. The van der Waals surface area contributed by atoms with E-state index in [1.807, 2.05) is 0 Å². The van der Waals surface area contributed by atoms with Gasteiger partial charge >= 0.3 is 0 Å². The van der Waals surface area contributed by atoms with Crippen molar-refractivity contribution in [3.63, 3.8) is 0 Å². The molecule has 4 rings (SSSR count). The first kappa shape index (κ1) is 17.6. The Morgan fingerprint density at radius 1 is 1.11 bits per heavy atom. The summed E-state index contributed by atoms with van der Waals surface area (Å²) in [6, 6.07) is 10.2. The highest BCUT2D eigenvalue weighted by molar-refractivity contribution is 9.10. The fourth-order valence-corrected chi connectivity index (χ4v) is 4.15. The Bertz CT molecular complexity index is 1080. The number of halogens is 2. The van der Waals surface area contributed by atoms with E-state index in [0.717, 1.165) is 0 Å². The Balaban J connectivity index is 1.86. The summed E-state index contributed by atoms with van der Waals surface area (Å²) in [6.45, 7) is 1.73. The van der Waals surface area contributed by atoms with Crippen LogP contribution in [0.25, 0.3) is 10.9 Å². The zero-order chi connectivity index (χ0) is 19.3. The number of amides is 2. The molecule has 0 bridgehead atoms. The fourth-order valence-electron chi connectivity index (χ4n) is 3.36. The minimum absolute atomic E-state index is 0.366. The second-order valence-corrected chi connectivity index (χ2v) is 7.00. The summed E-state index contributed by atoms with van der Waals surface area (Å²) in [5.74, 6) is -0.737. The molecule has 1 aliphatic heterocycles. The topological polar surface area (TPSA) is 59.5 Å². The van der Waals surface area contributed by atoms with Crippen molar-refractivity contribution in [2.75, 3.05) is 7.11 Å². The number of carbonyl (C=O) groups is 2. The van der Waals surface area contributed by atoms with Crippen LogP contribution in [0.1, 0.15) is 39.4 Å². The summed E-state index contributed by atoms with van der Waals surface area (Å²) in [6.07, 6.45) is 0. The van der Waals surface area contributed by atoms with Gasteiger partial charge in [-0.15, -0.1) is 0 Å². The minimum Gasteiger partial charge on any atom is -0.495 e. The van der Waals surface area contributed by atoms with Gasteiger partial charge in [0, 0.05) is 5.39 Å². The molecule has 3 aromatic rings. The molecule has 0 fully saturated rings. The molecule has 2 aromatic carbocycles. The molecule has 0 N–H and O–H groups in total. The van der Waals surface area contributed by atoms with E-state index >= 15 is 0 Å². The molecule has 2 heterocycles. The molecule has 0 saturated carbocycles. The summed E-state index contributed by atoms with van der Waals surface area (Å²) < 4.78 is 19.6. The molecule has 0 aliphatic carbocycles. The zero-order valence-corrected chi connectivity index (χ0v) is 16.1. The summed E-state index contributed by atoms with van der Waals surface area (Å²) >= 11 is 3.45. The number of imide groups is 1. The first-order valence-corrected chi connectivity index (χ1v) is 9.03. The Labute approximate surface area is 162 Å². The number of pyridine rings is 1. The van der Waals surface area contributed by atoms with Crippen molar-refractivity contribution in [3.05, 3.63) is 69.6 Å². The molecule has 0 radical (unpaired) electrons. The first-order valence-electron chi connectivity index (χ1n) is 8.23. The maximum absolute atomic E-state index is 13.6. The lowest BCUT2D eigenvalue weighted by Gasteiger charge is -2.24. The van der Waals surface area contributed by atoms with Crippen LogP contribution in [0.3, 0.4) is 0 Å². The number of aromatic nitrogens is 1. The lowest BCUT2D eigenvalue weighted by atomic mass is 10.1. The Kier molecular flexibility index (Phi) is 4.19. The van der Waals surface area contributed by atoms with Gasteiger partial charge in [-0.3, -0.25) is 14.5 Å². The number of carbonyl (C=O) groups excluding carboxylic acids is 2. The van der Waals surface area contributed by atoms with Crippen LogP contribution in [0.2, 0.25) is 0 Å². The van der Waals surface area contributed by atoms with Gasteiger partial charge in [0.1, 0.15) is 11.6 Å². The molecule has 27 heavy (non-hydrogen) atoms. The van der Waals surface area contributed by atoms with Gasteiger partial charge in [0.2, 0.25) is 0 Å². The number of methoxy groups -OCH3 is 1. The van der Waals surface area contributed by atoms with Crippen molar-refractivity contribution in [1.29, 1.82) is 0 Å². The number of hydrogen-bond acceptors (Lipinski definition) is 4. The van der Waals surface area contributed by atoms with Crippen molar-refractivity contribution in [3.8, 4) is 5.75 Å². The summed E-state index contributed by atoms with van der Waals surface area (Å²) in [5.41, 5.74) is 1.72. The van der Waals surface area contributed by atoms with Crippen LogP contribution in [0, 0.1) is 5.82 Å². The van der Waals surface area contributed by atoms with E-state index in [2.05, 4.69) is 20.9 Å². The number of benzene rings is 2. The standard InChI is InChI=1S/C20H14BrFN2O3/c1-10(24-19(25)12-5-3-4-6-13(12)20(24)26)17-16(21)18(27-2)14-9-11(22)7-8-15(14)23-17/h3-10H,1-2H3. The average molecular weight is 429 g/mol. The SMILES string of the molecule is COc1c(Br)c(C(C)N2C(=O)c3ccccc3C2=O)nc2ccc(F)cc12.